The third-order valence-corrected chi connectivity index (χ3v) is 4.01. The molecular weight excluding hydrogens is 300 g/mol. The predicted octanol–water partition coefficient (Wildman–Crippen LogP) is 1.74. The molecule has 0 atom stereocenters. The number of aromatic carboxylic acids is 1. The van der Waals surface area contributed by atoms with Gasteiger partial charge in [0, 0.05) is 17.2 Å². The van der Waals surface area contributed by atoms with Gasteiger partial charge in [0.1, 0.15) is 5.69 Å². The van der Waals surface area contributed by atoms with Crippen molar-refractivity contribution in [2.45, 2.75) is 12.7 Å². The molecule has 0 saturated carbocycles. The average Bonchev–Trinajstić information content (AvgIpc) is 2.99. The summed E-state index contributed by atoms with van der Waals surface area (Å²) in [5, 5.41) is 20.2. The van der Waals surface area contributed by atoms with Crippen LogP contribution >= 0.6 is 23.1 Å². The summed E-state index contributed by atoms with van der Waals surface area (Å²) in [6, 6.07) is 1.27. The molecule has 0 spiro atoms. The molecule has 0 unspecified atom stereocenters. The fourth-order valence-electron chi connectivity index (χ4n) is 1.40. The molecule has 20 heavy (non-hydrogen) atoms. The summed E-state index contributed by atoms with van der Waals surface area (Å²) in [4.78, 5) is 26.6. The van der Waals surface area contributed by atoms with Gasteiger partial charge in [-0.15, -0.1) is 23.1 Å². The standard InChI is InChI=1S/C11H12N4O3S2/c1-6-12-7(4-20-6)3-19-5-10(16)13-9-2-8(11(17)18)14-15-9/h2,4H,3,5H2,1H3,(H,17,18)(H2,13,14,15,16). The fraction of sp³-hybridized carbons (Fsp3) is 0.273. The Labute approximate surface area is 122 Å². The van der Waals surface area contributed by atoms with E-state index in [2.05, 4.69) is 20.5 Å². The van der Waals surface area contributed by atoms with Crippen molar-refractivity contribution in [3.8, 4) is 0 Å². The number of thioether (sulfide) groups is 1. The summed E-state index contributed by atoms with van der Waals surface area (Å²) in [6.07, 6.45) is 0. The van der Waals surface area contributed by atoms with E-state index in [-0.39, 0.29) is 23.2 Å². The molecule has 0 aliphatic heterocycles. The molecule has 106 valence electrons. The summed E-state index contributed by atoms with van der Waals surface area (Å²) in [5.41, 5.74) is 0.893. The number of aryl methyl sites for hydroxylation is 1. The van der Waals surface area contributed by atoms with Crippen LogP contribution in [0, 0.1) is 6.92 Å². The summed E-state index contributed by atoms with van der Waals surface area (Å²) in [5.74, 6) is -0.223. The number of rotatable bonds is 6. The predicted molar refractivity (Wildman–Crippen MR) is 77.2 cm³/mol. The van der Waals surface area contributed by atoms with Gasteiger partial charge in [-0.1, -0.05) is 0 Å². The van der Waals surface area contributed by atoms with Crippen LogP contribution in [0.5, 0.6) is 0 Å². The van der Waals surface area contributed by atoms with Crippen molar-refractivity contribution in [1.82, 2.24) is 15.2 Å². The first kappa shape index (κ1) is 14.5. The van der Waals surface area contributed by atoms with Crippen LogP contribution in [0.15, 0.2) is 11.4 Å². The highest BCUT2D eigenvalue weighted by molar-refractivity contribution is 7.99. The molecule has 0 aromatic carbocycles. The Morgan fingerprint density at radius 3 is 2.95 bits per heavy atom. The van der Waals surface area contributed by atoms with Crippen LogP contribution in [-0.4, -0.2) is 37.9 Å². The highest BCUT2D eigenvalue weighted by Crippen LogP contribution is 2.15. The van der Waals surface area contributed by atoms with Gasteiger partial charge < -0.3 is 10.4 Å². The summed E-state index contributed by atoms with van der Waals surface area (Å²) >= 11 is 3.01. The third kappa shape index (κ3) is 4.07. The average molecular weight is 312 g/mol. The monoisotopic (exact) mass is 312 g/mol. The maximum Gasteiger partial charge on any atom is 0.353 e. The number of carbonyl (C=O) groups is 2. The van der Waals surface area contributed by atoms with Crippen molar-refractivity contribution in [3.05, 3.63) is 27.8 Å². The van der Waals surface area contributed by atoms with Crippen molar-refractivity contribution < 1.29 is 14.7 Å². The first-order valence-electron chi connectivity index (χ1n) is 5.62. The zero-order valence-corrected chi connectivity index (χ0v) is 12.2. The van der Waals surface area contributed by atoms with E-state index >= 15 is 0 Å². The van der Waals surface area contributed by atoms with Crippen LogP contribution in [0.2, 0.25) is 0 Å². The number of H-pyrrole nitrogens is 1. The first-order valence-corrected chi connectivity index (χ1v) is 7.65. The van der Waals surface area contributed by atoms with E-state index in [9.17, 15) is 9.59 Å². The summed E-state index contributed by atoms with van der Waals surface area (Å²) < 4.78 is 0. The van der Waals surface area contributed by atoms with Gasteiger partial charge in [0.25, 0.3) is 0 Å². The Bertz CT molecular complexity index is 623. The number of thiazole rings is 1. The number of carbonyl (C=O) groups excluding carboxylic acids is 1. The molecule has 2 aromatic heterocycles. The van der Waals surface area contributed by atoms with Crippen molar-refractivity contribution in [3.63, 3.8) is 0 Å². The molecule has 9 heteroatoms. The van der Waals surface area contributed by atoms with Crippen molar-refractivity contribution in [1.29, 1.82) is 0 Å². The SMILES string of the molecule is Cc1nc(CSCC(=O)Nc2cc(C(=O)O)[nH]n2)cs1. The third-order valence-electron chi connectivity index (χ3n) is 2.23. The van der Waals surface area contributed by atoms with E-state index in [4.69, 9.17) is 5.11 Å². The minimum Gasteiger partial charge on any atom is -0.477 e. The van der Waals surface area contributed by atoms with E-state index in [1.807, 2.05) is 12.3 Å². The maximum absolute atomic E-state index is 11.6. The minimum atomic E-state index is -1.12. The van der Waals surface area contributed by atoms with Crippen molar-refractivity contribution in [2.24, 2.45) is 0 Å². The highest BCUT2D eigenvalue weighted by atomic mass is 32.2. The first-order chi connectivity index (χ1) is 9.54. The normalized spacial score (nSPS) is 10.4. The van der Waals surface area contributed by atoms with E-state index < -0.39 is 5.97 Å². The maximum atomic E-state index is 11.6. The lowest BCUT2D eigenvalue weighted by atomic mass is 10.4. The molecule has 0 bridgehead atoms. The van der Waals surface area contributed by atoms with Crippen LogP contribution in [0.1, 0.15) is 21.2 Å². The molecule has 0 aliphatic carbocycles. The molecule has 0 saturated heterocycles. The topological polar surface area (TPSA) is 108 Å². The van der Waals surface area contributed by atoms with Crippen LogP contribution in [0.25, 0.3) is 0 Å². The number of hydrogen-bond donors (Lipinski definition) is 3. The summed E-state index contributed by atoms with van der Waals surface area (Å²) in [7, 11) is 0. The van der Waals surface area contributed by atoms with E-state index in [0.29, 0.717) is 5.75 Å². The van der Waals surface area contributed by atoms with E-state index in [0.717, 1.165) is 10.7 Å². The lowest BCUT2D eigenvalue weighted by molar-refractivity contribution is -0.113. The summed E-state index contributed by atoms with van der Waals surface area (Å²) in [6.45, 7) is 1.93. The van der Waals surface area contributed by atoms with Crippen LogP contribution in [0.4, 0.5) is 5.82 Å². The number of nitrogens with zero attached hydrogens (tertiary/aromatic N) is 2. The van der Waals surface area contributed by atoms with E-state index in [1.165, 1.54) is 17.8 Å². The Morgan fingerprint density at radius 2 is 2.35 bits per heavy atom. The van der Waals surface area contributed by atoms with Crippen molar-refractivity contribution >= 4 is 40.8 Å². The van der Waals surface area contributed by atoms with Gasteiger partial charge in [0.15, 0.2) is 5.82 Å². The van der Waals surface area contributed by atoms with Gasteiger partial charge in [-0.2, -0.15) is 5.10 Å². The molecule has 0 aliphatic rings. The number of nitrogens with one attached hydrogen (secondary N) is 2. The van der Waals surface area contributed by atoms with Gasteiger partial charge in [-0.05, 0) is 6.92 Å². The Morgan fingerprint density at radius 1 is 1.55 bits per heavy atom. The fourth-order valence-corrected chi connectivity index (χ4v) is 2.83. The largest absolute Gasteiger partial charge is 0.477 e. The van der Waals surface area contributed by atoms with Gasteiger partial charge >= 0.3 is 5.97 Å². The second kappa shape index (κ2) is 6.53. The zero-order chi connectivity index (χ0) is 14.5. The molecule has 2 aromatic rings. The zero-order valence-electron chi connectivity index (χ0n) is 10.5. The second-order valence-corrected chi connectivity index (χ2v) is 5.92. The number of carboxylic acid groups (broad SMARTS) is 1. The van der Waals surface area contributed by atoms with Gasteiger partial charge in [0.05, 0.1) is 16.5 Å². The van der Waals surface area contributed by atoms with Crippen LogP contribution in [-0.2, 0) is 10.5 Å². The number of aromatic amines is 1. The second-order valence-electron chi connectivity index (χ2n) is 3.87. The number of carboxylic acids is 1. The molecular formula is C11H12N4O3S2. The quantitative estimate of drug-likeness (QED) is 0.750. The van der Waals surface area contributed by atoms with Crippen molar-refractivity contribution in [2.75, 3.05) is 11.1 Å². The molecule has 7 nitrogen and oxygen atoms in total. The minimum absolute atomic E-state index is 0.0640. The highest BCUT2D eigenvalue weighted by Gasteiger charge is 2.10. The Balaban J connectivity index is 1.76. The molecule has 1 amide bonds. The Kier molecular flexibility index (Phi) is 4.74. The van der Waals surface area contributed by atoms with Gasteiger partial charge in [-0.3, -0.25) is 9.89 Å². The number of anilines is 1. The smallest absolute Gasteiger partial charge is 0.353 e. The molecule has 2 rings (SSSR count). The van der Waals surface area contributed by atoms with Gasteiger partial charge in [0.2, 0.25) is 5.91 Å². The Hall–Kier alpha value is -1.87. The molecule has 2 heterocycles. The lowest BCUT2D eigenvalue weighted by Gasteiger charge is -2.00. The number of amides is 1. The molecule has 3 N–H and O–H groups in total. The van der Waals surface area contributed by atoms with Gasteiger partial charge in [-0.25, -0.2) is 9.78 Å². The molecule has 0 radical (unpaired) electrons. The van der Waals surface area contributed by atoms with Crippen LogP contribution < -0.4 is 5.32 Å². The lowest BCUT2D eigenvalue weighted by Crippen LogP contribution is -2.14. The number of hydrogen-bond acceptors (Lipinski definition) is 6. The molecule has 0 fully saturated rings. The van der Waals surface area contributed by atoms with E-state index in [1.54, 1.807) is 11.3 Å². The van der Waals surface area contributed by atoms with Crippen LogP contribution in [0.3, 0.4) is 0 Å². The number of aromatic nitrogens is 3.